The van der Waals surface area contributed by atoms with Crippen LogP contribution in [0, 0.1) is 0 Å². The molecule has 1 heterocycles. The molecule has 0 aromatic heterocycles. The van der Waals surface area contributed by atoms with Crippen LogP contribution in [0.3, 0.4) is 0 Å². The normalized spacial score (nSPS) is 19.7. The zero-order valence-corrected chi connectivity index (χ0v) is 11.3. The van der Waals surface area contributed by atoms with Gasteiger partial charge in [0.15, 0.2) is 0 Å². The molecule has 0 aromatic carbocycles. The summed E-state index contributed by atoms with van der Waals surface area (Å²) >= 11 is 0. The second-order valence-electron chi connectivity index (χ2n) is 4.70. The third-order valence-corrected chi connectivity index (χ3v) is 3.29. The summed E-state index contributed by atoms with van der Waals surface area (Å²) in [5.74, 6) is -0.917. The summed E-state index contributed by atoms with van der Waals surface area (Å²) in [6, 6.07) is -0.535. The van der Waals surface area contributed by atoms with Crippen LogP contribution in [0.1, 0.15) is 19.3 Å². The Morgan fingerprint density at radius 1 is 1.26 bits per heavy atom. The van der Waals surface area contributed by atoms with E-state index >= 15 is 0 Å². The summed E-state index contributed by atoms with van der Waals surface area (Å²) in [4.78, 5) is 26.7. The van der Waals surface area contributed by atoms with Crippen LogP contribution in [0.15, 0.2) is 25.3 Å². The van der Waals surface area contributed by atoms with Crippen molar-refractivity contribution in [2.75, 3.05) is 26.2 Å². The van der Waals surface area contributed by atoms with Crippen molar-refractivity contribution in [2.45, 2.75) is 25.3 Å². The first-order valence-corrected chi connectivity index (χ1v) is 6.56. The van der Waals surface area contributed by atoms with Gasteiger partial charge in [0, 0.05) is 13.1 Å². The number of hydrogen-bond acceptors (Lipinski definition) is 3. The Labute approximate surface area is 114 Å². The first-order valence-electron chi connectivity index (χ1n) is 6.56. The van der Waals surface area contributed by atoms with Crippen LogP contribution in [-0.2, 0) is 9.59 Å². The maximum atomic E-state index is 12.2. The molecule has 1 N–H and O–H groups in total. The molecule has 5 nitrogen and oxygen atoms in total. The number of aliphatic carboxylic acids is 1. The van der Waals surface area contributed by atoms with Crippen LogP contribution in [0.5, 0.6) is 0 Å². The Kier molecular flexibility index (Phi) is 6.29. The van der Waals surface area contributed by atoms with E-state index in [-0.39, 0.29) is 12.5 Å². The molecule has 0 saturated carbocycles. The van der Waals surface area contributed by atoms with Gasteiger partial charge in [0.1, 0.15) is 6.04 Å². The number of rotatable bonds is 7. The molecule has 0 aromatic rings. The van der Waals surface area contributed by atoms with Crippen molar-refractivity contribution < 1.29 is 14.7 Å². The lowest BCUT2D eigenvalue weighted by Gasteiger charge is -2.33. The van der Waals surface area contributed by atoms with E-state index in [1.54, 1.807) is 22.0 Å². The molecule has 0 bridgehead atoms. The summed E-state index contributed by atoms with van der Waals surface area (Å²) in [6.07, 6.45) is 5.79. The van der Waals surface area contributed by atoms with Gasteiger partial charge < -0.3 is 10.0 Å². The van der Waals surface area contributed by atoms with E-state index < -0.39 is 12.0 Å². The first-order chi connectivity index (χ1) is 9.10. The molecule has 1 saturated heterocycles. The van der Waals surface area contributed by atoms with Crippen molar-refractivity contribution in [1.29, 1.82) is 0 Å². The molecule has 1 atom stereocenters. The van der Waals surface area contributed by atoms with Crippen LogP contribution in [0.4, 0.5) is 0 Å². The SMILES string of the molecule is C=CCN(CC=C)C(=O)CN1CCCCC1C(=O)O. The molecule has 19 heavy (non-hydrogen) atoms. The molecule has 1 unspecified atom stereocenters. The standard InChI is InChI=1S/C14H22N2O3/c1-3-8-15(9-4-2)13(17)11-16-10-6-5-7-12(16)14(18)19/h3-4,12H,1-2,5-11H2,(H,18,19). The summed E-state index contributed by atoms with van der Waals surface area (Å²) in [5, 5.41) is 9.17. The van der Waals surface area contributed by atoms with Crippen LogP contribution in [-0.4, -0.2) is 59.0 Å². The number of nitrogens with zero attached hydrogens (tertiary/aromatic N) is 2. The number of piperidine rings is 1. The molecule has 1 aliphatic heterocycles. The van der Waals surface area contributed by atoms with Crippen molar-refractivity contribution in [1.82, 2.24) is 9.80 Å². The van der Waals surface area contributed by atoms with E-state index in [4.69, 9.17) is 5.11 Å². The Morgan fingerprint density at radius 3 is 2.42 bits per heavy atom. The van der Waals surface area contributed by atoms with Gasteiger partial charge in [0.2, 0.25) is 5.91 Å². The highest BCUT2D eigenvalue weighted by Gasteiger charge is 2.30. The minimum atomic E-state index is -0.841. The fraction of sp³-hybridized carbons (Fsp3) is 0.571. The molecule has 1 fully saturated rings. The van der Waals surface area contributed by atoms with Crippen molar-refractivity contribution >= 4 is 11.9 Å². The van der Waals surface area contributed by atoms with E-state index in [1.807, 2.05) is 0 Å². The minimum absolute atomic E-state index is 0.0760. The summed E-state index contributed by atoms with van der Waals surface area (Å²) < 4.78 is 0. The molecule has 1 rings (SSSR count). The lowest BCUT2D eigenvalue weighted by Crippen LogP contribution is -2.49. The number of carboxylic acids is 1. The van der Waals surface area contributed by atoms with E-state index in [1.165, 1.54) is 0 Å². The molecule has 1 amide bonds. The Morgan fingerprint density at radius 2 is 1.89 bits per heavy atom. The van der Waals surface area contributed by atoms with Gasteiger partial charge in [-0.25, -0.2) is 0 Å². The Hall–Kier alpha value is -1.62. The lowest BCUT2D eigenvalue weighted by atomic mass is 10.0. The van der Waals surface area contributed by atoms with Crippen LogP contribution in [0.2, 0.25) is 0 Å². The maximum Gasteiger partial charge on any atom is 0.320 e. The molecule has 0 radical (unpaired) electrons. The van der Waals surface area contributed by atoms with Gasteiger partial charge in [-0.3, -0.25) is 14.5 Å². The van der Waals surface area contributed by atoms with Crippen LogP contribution in [0.25, 0.3) is 0 Å². The highest BCUT2D eigenvalue weighted by Crippen LogP contribution is 2.17. The molecule has 5 heteroatoms. The molecule has 1 aliphatic rings. The zero-order valence-electron chi connectivity index (χ0n) is 11.3. The summed E-state index contributed by atoms with van der Waals surface area (Å²) in [6.45, 7) is 8.96. The third kappa shape index (κ3) is 4.52. The quantitative estimate of drug-likeness (QED) is 0.702. The van der Waals surface area contributed by atoms with E-state index in [0.29, 0.717) is 26.1 Å². The summed E-state index contributed by atoms with van der Waals surface area (Å²) in [5.41, 5.74) is 0. The minimum Gasteiger partial charge on any atom is -0.480 e. The second kappa shape index (κ2) is 7.74. The van der Waals surface area contributed by atoms with E-state index in [2.05, 4.69) is 13.2 Å². The van der Waals surface area contributed by atoms with Crippen LogP contribution >= 0.6 is 0 Å². The molecule has 0 aliphatic carbocycles. The average molecular weight is 266 g/mol. The number of carbonyl (C=O) groups excluding carboxylic acids is 1. The van der Waals surface area contributed by atoms with E-state index in [9.17, 15) is 9.59 Å². The molecular formula is C14H22N2O3. The largest absolute Gasteiger partial charge is 0.480 e. The predicted octanol–water partition coefficient (Wildman–Crippen LogP) is 1.13. The van der Waals surface area contributed by atoms with Gasteiger partial charge in [0.25, 0.3) is 0 Å². The Balaban J connectivity index is 2.63. The topological polar surface area (TPSA) is 60.9 Å². The number of hydrogen-bond donors (Lipinski definition) is 1. The van der Waals surface area contributed by atoms with Crippen molar-refractivity contribution in [3.05, 3.63) is 25.3 Å². The second-order valence-corrected chi connectivity index (χ2v) is 4.70. The van der Waals surface area contributed by atoms with Crippen molar-refractivity contribution in [3.8, 4) is 0 Å². The predicted molar refractivity (Wildman–Crippen MR) is 73.8 cm³/mol. The van der Waals surface area contributed by atoms with Gasteiger partial charge in [-0.15, -0.1) is 13.2 Å². The van der Waals surface area contributed by atoms with E-state index in [0.717, 1.165) is 12.8 Å². The molecule has 0 spiro atoms. The number of carboxylic acid groups (broad SMARTS) is 1. The lowest BCUT2D eigenvalue weighted by molar-refractivity contribution is -0.146. The number of carbonyl (C=O) groups is 2. The average Bonchev–Trinajstić information content (AvgIpc) is 2.38. The van der Waals surface area contributed by atoms with Gasteiger partial charge in [0.05, 0.1) is 6.54 Å². The van der Waals surface area contributed by atoms with Crippen LogP contribution < -0.4 is 0 Å². The van der Waals surface area contributed by atoms with Crippen molar-refractivity contribution in [3.63, 3.8) is 0 Å². The zero-order chi connectivity index (χ0) is 14.3. The van der Waals surface area contributed by atoms with Crippen molar-refractivity contribution in [2.24, 2.45) is 0 Å². The third-order valence-electron chi connectivity index (χ3n) is 3.29. The smallest absolute Gasteiger partial charge is 0.320 e. The fourth-order valence-corrected chi connectivity index (χ4v) is 2.32. The van der Waals surface area contributed by atoms with Gasteiger partial charge in [-0.2, -0.15) is 0 Å². The van der Waals surface area contributed by atoms with Gasteiger partial charge in [-0.05, 0) is 19.4 Å². The number of amides is 1. The highest BCUT2D eigenvalue weighted by atomic mass is 16.4. The Bertz CT molecular complexity index is 345. The van der Waals surface area contributed by atoms with Gasteiger partial charge in [-0.1, -0.05) is 18.6 Å². The van der Waals surface area contributed by atoms with Gasteiger partial charge >= 0.3 is 5.97 Å². The maximum absolute atomic E-state index is 12.2. The monoisotopic (exact) mass is 266 g/mol. The molecular weight excluding hydrogens is 244 g/mol. The first kappa shape index (κ1) is 15.4. The number of likely N-dealkylation sites (tertiary alicyclic amines) is 1. The molecule has 106 valence electrons. The highest BCUT2D eigenvalue weighted by molar-refractivity contribution is 5.80. The fourth-order valence-electron chi connectivity index (χ4n) is 2.32. The summed E-state index contributed by atoms with van der Waals surface area (Å²) in [7, 11) is 0.